The van der Waals surface area contributed by atoms with Crippen LogP contribution in [0.4, 0.5) is 0 Å². The summed E-state index contributed by atoms with van der Waals surface area (Å²) in [6, 6.07) is 0. The number of hydrogen-bond donors (Lipinski definition) is 4. The lowest BCUT2D eigenvalue weighted by Crippen LogP contribution is -2.27. The molecule has 5 nitrogen and oxygen atoms in total. The van der Waals surface area contributed by atoms with Crippen molar-refractivity contribution < 1.29 is 4.79 Å². The van der Waals surface area contributed by atoms with Gasteiger partial charge in [-0.05, 0) is 0 Å². The van der Waals surface area contributed by atoms with Crippen LogP contribution in [0.3, 0.4) is 0 Å². The summed E-state index contributed by atoms with van der Waals surface area (Å²) in [6.45, 7) is 3.94. The van der Waals surface area contributed by atoms with E-state index in [0.717, 1.165) is 0 Å². The zero-order valence-electron chi connectivity index (χ0n) is 6.63. The number of amidine groups is 1. The van der Waals surface area contributed by atoms with Gasteiger partial charge in [-0.2, -0.15) is 0 Å². The summed E-state index contributed by atoms with van der Waals surface area (Å²) in [4.78, 5) is 10.6. The zero-order valence-corrected chi connectivity index (χ0v) is 6.63. The molecule has 0 aromatic carbocycles. The fourth-order valence-electron chi connectivity index (χ4n) is 0.526. The average Bonchev–Trinajstić information content (AvgIpc) is 1.96. The van der Waals surface area contributed by atoms with E-state index in [1.807, 2.05) is 0 Å². The minimum Gasteiger partial charge on any atom is -0.387 e. The van der Waals surface area contributed by atoms with Gasteiger partial charge in [-0.15, -0.1) is 6.58 Å². The maximum Gasteiger partial charge on any atom is 0.253 e. The molecule has 0 rings (SSSR count). The van der Waals surface area contributed by atoms with Crippen molar-refractivity contribution in [3.63, 3.8) is 0 Å². The smallest absolute Gasteiger partial charge is 0.253 e. The zero-order chi connectivity index (χ0) is 9.56. The van der Waals surface area contributed by atoms with E-state index >= 15 is 0 Å². The lowest BCUT2D eigenvalue weighted by atomic mass is 10.2. The molecule has 1 amide bonds. The van der Waals surface area contributed by atoms with Gasteiger partial charge >= 0.3 is 0 Å². The molecule has 0 atom stereocenters. The molecule has 0 aliphatic rings. The van der Waals surface area contributed by atoms with Crippen molar-refractivity contribution in [3.8, 4) is 0 Å². The van der Waals surface area contributed by atoms with Crippen LogP contribution in [-0.4, -0.2) is 18.3 Å². The van der Waals surface area contributed by atoms with Gasteiger partial charge in [0.25, 0.3) is 5.91 Å². The maximum atomic E-state index is 10.6. The molecule has 12 heavy (non-hydrogen) atoms. The van der Waals surface area contributed by atoms with E-state index in [9.17, 15) is 4.79 Å². The first-order valence-corrected chi connectivity index (χ1v) is 3.28. The van der Waals surface area contributed by atoms with Crippen molar-refractivity contribution in [3.05, 3.63) is 24.4 Å². The van der Waals surface area contributed by atoms with Crippen LogP contribution in [0, 0.1) is 5.41 Å². The van der Waals surface area contributed by atoms with Crippen molar-refractivity contribution in [2.24, 2.45) is 11.5 Å². The fraction of sp³-hybridized carbons (Fsp3) is 0.143. The lowest BCUT2D eigenvalue weighted by molar-refractivity contribution is -0.114. The predicted octanol–water partition coefficient (Wildman–Crippen LogP) is -0.933. The van der Waals surface area contributed by atoms with Crippen LogP contribution in [0.2, 0.25) is 0 Å². The second kappa shape index (κ2) is 4.95. The average molecular weight is 168 g/mol. The summed E-state index contributed by atoms with van der Waals surface area (Å²) in [5, 5.41) is 9.66. The Balaban J connectivity index is 4.29. The highest BCUT2D eigenvalue weighted by atomic mass is 16.1. The lowest BCUT2D eigenvalue weighted by Gasteiger charge is -2.00. The monoisotopic (exact) mass is 168 g/mol. The number of primary amides is 1. The molecule has 0 unspecified atom stereocenters. The molecule has 5 heteroatoms. The quantitative estimate of drug-likeness (QED) is 0.140. The molecule has 0 aromatic heterocycles. The van der Waals surface area contributed by atoms with Crippen molar-refractivity contribution >= 4 is 11.7 Å². The first-order chi connectivity index (χ1) is 5.59. The summed E-state index contributed by atoms with van der Waals surface area (Å²) in [6.07, 6.45) is 2.90. The molecule has 0 bridgehead atoms. The number of rotatable bonds is 5. The molecule has 6 N–H and O–H groups in total. The second-order valence-electron chi connectivity index (χ2n) is 2.03. The van der Waals surface area contributed by atoms with Crippen LogP contribution in [0.1, 0.15) is 0 Å². The highest BCUT2D eigenvalue weighted by molar-refractivity contribution is 6.18. The number of amides is 1. The van der Waals surface area contributed by atoms with Crippen LogP contribution in [0.5, 0.6) is 0 Å². The molecule has 0 heterocycles. The molecule has 0 radical (unpaired) electrons. The van der Waals surface area contributed by atoms with Crippen LogP contribution >= 0.6 is 0 Å². The van der Waals surface area contributed by atoms with Crippen molar-refractivity contribution in [2.75, 3.05) is 6.54 Å². The van der Waals surface area contributed by atoms with Crippen LogP contribution in [-0.2, 0) is 4.79 Å². The third-order valence-corrected chi connectivity index (χ3v) is 1.06. The Kier molecular flexibility index (Phi) is 4.21. The molecular formula is C7H12N4O. The second-order valence-corrected chi connectivity index (χ2v) is 2.03. The summed E-state index contributed by atoms with van der Waals surface area (Å²) < 4.78 is 0. The Hall–Kier alpha value is -1.78. The fourth-order valence-corrected chi connectivity index (χ4v) is 0.526. The molecule has 0 aromatic rings. The van der Waals surface area contributed by atoms with E-state index < -0.39 is 5.91 Å². The largest absolute Gasteiger partial charge is 0.387 e. The molecule has 0 saturated heterocycles. The van der Waals surface area contributed by atoms with E-state index in [1.165, 1.54) is 6.20 Å². The highest BCUT2D eigenvalue weighted by Gasteiger charge is 2.06. The Morgan fingerprint density at radius 2 is 2.17 bits per heavy atom. The van der Waals surface area contributed by atoms with Crippen molar-refractivity contribution in [1.29, 1.82) is 5.41 Å². The van der Waals surface area contributed by atoms with E-state index in [0.29, 0.717) is 6.54 Å². The van der Waals surface area contributed by atoms with Gasteiger partial charge in [0.15, 0.2) is 0 Å². The summed E-state index contributed by atoms with van der Waals surface area (Å²) in [7, 11) is 0. The molecule has 0 spiro atoms. The van der Waals surface area contributed by atoms with Crippen molar-refractivity contribution in [2.45, 2.75) is 0 Å². The minimum absolute atomic E-state index is 0.0307. The van der Waals surface area contributed by atoms with Gasteiger partial charge in [0.05, 0.1) is 5.57 Å². The highest BCUT2D eigenvalue weighted by Crippen LogP contribution is 1.88. The van der Waals surface area contributed by atoms with E-state index in [4.69, 9.17) is 16.9 Å². The Morgan fingerprint density at radius 1 is 1.58 bits per heavy atom. The summed E-state index contributed by atoms with van der Waals surface area (Å²) in [5.41, 5.74) is 9.96. The van der Waals surface area contributed by atoms with Crippen molar-refractivity contribution in [1.82, 2.24) is 5.32 Å². The minimum atomic E-state index is -0.723. The topological polar surface area (TPSA) is 105 Å². The van der Waals surface area contributed by atoms with Gasteiger partial charge in [0.1, 0.15) is 5.84 Å². The number of nitrogens with two attached hydrogens (primary N) is 2. The predicted molar refractivity (Wildman–Crippen MR) is 47.4 cm³/mol. The first kappa shape index (κ1) is 10.2. The SMILES string of the molecule is C=CCN/C=C(\C(=N)N)C(N)=O. The van der Waals surface area contributed by atoms with E-state index in [-0.39, 0.29) is 11.4 Å². The summed E-state index contributed by atoms with van der Waals surface area (Å²) in [5.74, 6) is -1.07. The number of carbonyl (C=O) groups excluding carboxylic acids is 1. The van der Waals surface area contributed by atoms with Crippen LogP contribution in [0.15, 0.2) is 24.4 Å². The Bertz CT molecular complexity index is 216. The Labute approximate surface area is 70.6 Å². The van der Waals surface area contributed by atoms with Gasteiger partial charge in [0.2, 0.25) is 0 Å². The standard InChI is InChI=1S/C7H12N4O/c1-2-3-11-4-5(6(8)9)7(10)12/h2,4,11H,1,3H2,(H3,8,9)(H2,10,12)/b5-4+. The van der Waals surface area contributed by atoms with Crippen LogP contribution < -0.4 is 16.8 Å². The molecule has 0 aliphatic heterocycles. The first-order valence-electron chi connectivity index (χ1n) is 3.28. The van der Waals surface area contributed by atoms with E-state index in [2.05, 4.69) is 11.9 Å². The van der Waals surface area contributed by atoms with Gasteiger partial charge in [-0.3, -0.25) is 10.2 Å². The number of carbonyl (C=O) groups is 1. The van der Waals surface area contributed by atoms with Gasteiger partial charge in [-0.1, -0.05) is 6.08 Å². The third-order valence-electron chi connectivity index (χ3n) is 1.06. The molecule has 0 saturated carbocycles. The van der Waals surface area contributed by atoms with Gasteiger partial charge < -0.3 is 16.8 Å². The normalized spacial score (nSPS) is 10.5. The summed E-state index contributed by atoms with van der Waals surface area (Å²) >= 11 is 0. The molecule has 66 valence electrons. The van der Waals surface area contributed by atoms with E-state index in [1.54, 1.807) is 6.08 Å². The maximum absolute atomic E-state index is 10.6. The molecule has 0 fully saturated rings. The van der Waals surface area contributed by atoms with Gasteiger partial charge in [-0.25, -0.2) is 0 Å². The molecular weight excluding hydrogens is 156 g/mol. The number of nitrogens with one attached hydrogen (secondary N) is 2. The molecule has 0 aliphatic carbocycles. The third kappa shape index (κ3) is 3.40. The van der Waals surface area contributed by atoms with Gasteiger partial charge in [0, 0.05) is 12.7 Å². The number of hydrogen-bond acceptors (Lipinski definition) is 3. The van der Waals surface area contributed by atoms with Crippen LogP contribution in [0.25, 0.3) is 0 Å². The Morgan fingerprint density at radius 3 is 2.50 bits per heavy atom.